The quantitative estimate of drug-likeness (QED) is 0.826. The summed E-state index contributed by atoms with van der Waals surface area (Å²) in [7, 11) is 1.66. The summed E-state index contributed by atoms with van der Waals surface area (Å²) in [5.74, 6) is -0.993. The number of carboxylic acids is 1. The molecule has 1 aromatic carbocycles. The number of aryl methyl sites for hydroxylation is 1. The van der Waals surface area contributed by atoms with Crippen molar-refractivity contribution in [1.29, 1.82) is 0 Å². The monoisotopic (exact) mass is 281 g/mol. The Hall–Kier alpha value is -1.52. The summed E-state index contributed by atoms with van der Waals surface area (Å²) in [6.07, 6.45) is 1.74. The van der Waals surface area contributed by atoms with Crippen LogP contribution in [0.4, 0.5) is 0 Å². The van der Waals surface area contributed by atoms with Crippen molar-refractivity contribution in [2.45, 2.75) is 19.4 Å². The minimum atomic E-state index is -0.993. The minimum absolute atomic E-state index is 0.167. The number of nitrogens with zero attached hydrogens (tertiary/aromatic N) is 1. The van der Waals surface area contributed by atoms with E-state index in [1.807, 2.05) is 24.3 Å². The van der Waals surface area contributed by atoms with Gasteiger partial charge < -0.3 is 14.4 Å². The van der Waals surface area contributed by atoms with Crippen molar-refractivity contribution >= 4 is 28.5 Å². The topological polar surface area (TPSA) is 51.5 Å². The molecular weight excluding hydrogens is 266 g/mol. The molecule has 2 aromatic rings. The van der Waals surface area contributed by atoms with Crippen molar-refractivity contribution in [3.05, 3.63) is 35.0 Å². The summed E-state index contributed by atoms with van der Waals surface area (Å²) in [5.41, 5.74) is 1.03. The van der Waals surface area contributed by atoms with E-state index in [9.17, 15) is 9.90 Å². The number of rotatable bonds is 6. The second kappa shape index (κ2) is 6.08. The molecule has 0 atom stereocenters. The van der Waals surface area contributed by atoms with Crippen molar-refractivity contribution in [2.24, 2.45) is 0 Å². The third kappa shape index (κ3) is 2.74. The molecule has 19 heavy (non-hydrogen) atoms. The van der Waals surface area contributed by atoms with Gasteiger partial charge in [-0.05, 0) is 18.9 Å². The number of hydrogen-bond donors (Lipinski definition) is 1. The van der Waals surface area contributed by atoms with E-state index in [0.29, 0.717) is 18.2 Å². The molecule has 0 saturated heterocycles. The Bertz CT molecular complexity index is 592. The molecule has 0 unspecified atom stereocenters. The van der Waals surface area contributed by atoms with Gasteiger partial charge in [-0.1, -0.05) is 29.8 Å². The zero-order chi connectivity index (χ0) is 13.8. The predicted octanol–water partition coefficient (Wildman–Crippen LogP) is 3.42. The summed E-state index contributed by atoms with van der Waals surface area (Å²) in [5, 5.41) is 10.4. The summed E-state index contributed by atoms with van der Waals surface area (Å²) in [6, 6.07) is 7.48. The van der Waals surface area contributed by atoms with E-state index in [1.54, 1.807) is 11.7 Å². The number of aromatic carboxylic acids is 1. The Morgan fingerprint density at radius 3 is 2.79 bits per heavy atom. The number of aromatic nitrogens is 1. The Morgan fingerprint density at radius 2 is 2.11 bits per heavy atom. The van der Waals surface area contributed by atoms with Gasteiger partial charge in [-0.3, -0.25) is 0 Å². The first-order valence-electron chi connectivity index (χ1n) is 6.15. The van der Waals surface area contributed by atoms with Gasteiger partial charge in [0.05, 0.1) is 10.5 Å². The molecule has 1 aromatic heterocycles. The van der Waals surface area contributed by atoms with Gasteiger partial charge >= 0.3 is 5.97 Å². The molecule has 0 aliphatic rings. The van der Waals surface area contributed by atoms with Gasteiger partial charge in [0.2, 0.25) is 0 Å². The molecule has 102 valence electrons. The van der Waals surface area contributed by atoms with E-state index in [0.717, 1.165) is 23.7 Å². The molecule has 0 fully saturated rings. The highest BCUT2D eigenvalue weighted by atomic mass is 35.5. The van der Waals surface area contributed by atoms with E-state index < -0.39 is 5.97 Å². The van der Waals surface area contributed by atoms with Gasteiger partial charge in [0, 0.05) is 25.6 Å². The lowest BCUT2D eigenvalue weighted by atomic mass is 10.2. The normalized spacial score (nSPS) is 11.1. The van der Waals surface area contributed by atoms with Crippen molar-refractivity contribution in [3.8, 4) is 0 Å². The minimum Gasteiger partial charge on any atom is -0.477 e. The first-order chi connectivity index (χ1) is 9.16. The first kappa shape index (κ1) is 13.9. The molecule has 0 radical (unpaired) electrons. The Labute approximate surface area is 116 Å². The molecule has 4 nitrogen and oxygen atoms in total. The highest BCUT2D eigenvalue weighted by Gasteiger charge is 2.20. The van der Waals surface area contributed by atoms with E-state index in [2.05, 4.69) is 0 Å². The number of unbranched alkanes of at least 4 members (excludes halogenated alkanes) is 1. The number of para-hydroxylation sites is 1. The van der Waals surface area contributed by atoms with Crippen molar-refractivity contribution < 1.29 is 14.6 Å². The standard InChI is InChI=1S/C14H16ClNO3/c1-19-9-5-4-8-16-11-7-3-2-6-10(11)12(15)13(16)14(17)18/h2-3,6-7H,4-5,8-9H2,1H3,(H,17,18). The number of hydrogen-bond acceptors (Lipinski definition) is 2. The maximum Gasteiger partial charge on any atom is 0.354 e. The fraction of sp³-hybridized carbons (Fsp3) is 0.357. The van der Waals surface area contributed by atoms with Crippen LogP contribution < -0.4 is 0 Å². The number of carbonyl (C=O) groups is 1. The number of fused-ring (bicyclic) bond motifs is 1. The molecule has 0 spiro atoms. The van der Waals surface area contributed by atoms with Crippen LogP contribution in [0.1, 0.15) is 23.3 Å². The van der Waals surface area contributed by atoms with Crippen LogP contribution in [0.25, 0.3) is 10.9 Å². The Morgan fingerprint density at radius 1 is 1.37 bits per heavy atom. The van der Waals surface area contributed by atoms with Crippen LogP contribution in [-0.4, -0.2) is 29.4 Å². The Balaban J connectivity index is 2.39. The van der Waals surface area contributed by atoms with Crippen molar-refractivity contribution in [2.75, 3.05) is 13.7 Å². The molecule has 5 heteroatoms. The van der Waals surface area contributed by atoms with Crippen LogP contribution in [0.3, 0.4) is 0 Å². The summed E-state index contributed by atoms with van der Waals surface area (Å²) >= 11 is 6.17. The third-order valence-corrected chi connectivity index (χ3v) is 3.47. The van der Waals surface area contributed by atoms with Crippen LogP contribution in [0.2, 0.25) is 5.02 Å². The number of halogens is 1. The zero-order valence-electron chi connectivity index (χ0n) is 10.7. The second-order valence-corrected chi connectivity index (χ2v) is 4.71. The van der Waals surface area contributed by atoms with Crippen LogP contribution >= 0.6 is 11.6 Å². The van der Waals surface area contributed by atoms with E-state index in [-0.39, 0.29) is 5.69 Å². The summed E-state index contributed by atoms with van der Waals surface area (Å²) < 4.78 is 6.77. The molecule has 0 aliphatic heterocycles. The average molecular weight is 282 g/mol. The predicted molar refractivity (Wildman–Crippen MR) is 75.0 cm³/mol. The SMILES string of the molecule is COCCCCn1c(C(=O)O)c(Cl)c2ccccc21. The summed E-state index contributed by atoms with van der Waals surface area (Å²) in [6.45, 7) is 1.30. The highest BCUT2D eigenvalue weighted by molar-refractivity contribution is 6.38. The largest absolute Gasteiger partial charge is 0.477 e. The van der Waals surface area contributed by atoms with Crippen LogP contribution in [-0.2, 0) is 11.3 Å². The van der Waals surface area contributed by atoms with E-state index in [1.165, 1.54) is 0 Å². The molecule has 0 saturated carbocycles. The first-order valence-corrected chi connectivity index (χ1v) is 6.53. The molecule has 0 bridgehead atoms. The smallest absolute Gasteiger partial charge is 0.354 e. The number of methoxy groups -OCH3 is 1. The van der Waals surface area contributed by atoms with Crippen molar-refractivity contribution in [3.63, 3.8) is 0 Å². The van der Waals surface area contributed by atoms with Gasteiger partial charge in [0.25, 0.3) is 0 Å². The summed E-state index contributed by atoms with van der Waals surface area (Å²) in [4.78, 5) is 11.4. The maximum atomic E-state index is 11.4. The Kier molecular flexibility index (Phi) is 4.45. The lowest BCUT2D eigenvalue weighted by Crippen LogP contribution is -2.09. The highest BCUT2D eigenvalue weighted by Crippen LogP contribution is 2.31. The fourth-order valence-electron chi connectivity index (χ4n) is 2.22. The maximum absolute atomic E-state index is 11.4. The van der Waals surface area contributed by atoms with E-state index in [4.69, 9.17) is 16.3 Å². The van der Waals surface area contributed by atoms with Crippen LogP contribution in [0, 0.1) is 0 Å². The van der Waals surface area contributed by atoms with Gasteiger partial charge in [-0.2, -0.15) is 0 Å². The zero-order valence-corrected chi connectivity index (χ0v) is 11.5. The molecule has 0 amide bonds. The lowest BCUT2D eigenvalue weighted by Gasteiger charge is -2.08. The van der Waals surface area contributed by atoms with Crippen LogP contribution in [0.5, 0.6) is 0 Å². The number of carboxylic acid groups (broad SMARTS) is 1. The van der Waals surface area contributed by atoms with Gasteiger partial charge in [-0.15, -0.1) is 0 Å². The van der Waals surface area contributed by atoms with E-state index >= 15 is 0 Å². The average Bonchev–Trinajstić information content (AvgIpc) is 2.69. The second-order valence-electron chi connectivity index (χ2n) is 4.34. The third-order valence-electron chi connectivity index (χ3n) is 3.09. The van der Waals surface area contributed by atoms with Gasteiger partial charge in [0.1, 0.15) is 5.69 Å². The molecule has 2 rings (SSSR count). The molecular formula is C14H16ClNO3. The van der Waals surface area contributed by atoms with Crippen LogP contribution in [0.15, 0.2) is 24.3 Å². The molecule has 1 N–H and O–H groups in total. The number of ether oxygens (including phenoxy) is 1. The van der Waals surface area contributed by atoms with Gasteiger partial charge in [0.15, 0.2) is 0 Å². The van der Waals surface area contributed by atoms with Gasteiger partial charge in [-0.25, -0.2) is 4.79 Å². The lowest BCUT2D eigenvalue weighted by molar-refractivity contribution is 0.0685. The molecule has 0 aliphatic carbocycles. The fourth-order valence-corrected chi connectivity index (χ4v) is 2.56. The van der Waals surface area contributed by atoms with Crippen molar-refractivity contribution in [1.82, 2.24) is 4.57 Å². The molecule has 1 heterocycles. The number of benzene rings is 1.